The first-order valence-electron chi connectivity index (χ1n) is 7.11. The second-order valence-corrected chi connectivity index (χ2v) is 5.13. The van der Waals surface area contributed by atoms with Crippen LogP contribution < -0.4 is 20.3 Å². The first-order valence-corrected chi connectivity index (χ1v) is 7.11. The molecule has 0 bridgehead atoms. The molecule has 2 heterocycles. The van der Waals surface area contributed by atoms with Gasteiger partial charge in [-0.2, -0.15) is 5.10 Å². The summed E-state index contributed by atoms with van der Waals surface area (Å²) in [5.74, 6) is 0.638. The van der Waals surface area contributed by atoms with Crippen LogP contribution in [0.4, 0.5) is 0 Å². The van der Waals surface area contributed by atoms with Crippen LogP contribution in [0.2, 0.25) is 0 Å². The molecule has 2 amide bonds. The van der Waals surface area contributed by atoms with E-state index in [0.29, 0.717) is 17.9 Å². The number of aryl methyl sites for hydroxylation is 2. The van der Waals surface area contributed by atoms with E-state index in [1.54, 1.807) is 13.0 Å². The zero-order chi connectivity index (χ0) is 16.2. The Kier molecular flexibility index (Phi) is 4.13. The normalized spacial score (nSPS) is 12.0. The van der Waals surface area contributed by atoms with Crippen molar-refractivity contribution in [2.75, 3.05) is 6.79 Å². The minimum atomic E-state index is -0.467. The van der Waals surface area contributed by atoms with E-state index >= 15 is 0 Å². The Labute approximate surface area is 132 Å². The van der Waals surface area contributed by atoms with Gasteiger partial charge in [0.1, 0.15) is 0 Å². The summed E-state index contributed by atoms with van der Waals surface area (Å²) in [5.41, 5.74) is 6.63. The topological polar surface area (TPSA) is 105 Å². The van der Waals surface area contributed by atoms with E-state index in [1.165, 1.54) is 0 Å². The van der Waals surface area contributed by atoms with Gasteiger partial charge in [0, 0.05) is 12.1 Å². The summed E-state index contributed by atoms with van der Waals surface area (Å²) in [4.78, 5) is 23.5. The number of H-pyrrole nitrogens is 1. The van der Waals surface area contributed by atoms with E-state index in [-0.39, 0.29) is 24.8 Å². The minimum Gasteiger partial charge on any atom is -0.454 e. The number of nitrogens with zero attached hydrogens (tertiary/aromatic N) is 1. The predicted octanol–water partition coefficient (Wildman–Crippen LogP) is 0.841. The Morgan fingerprint density at radius 3 is 2.83 bits per heavy atom. The number of aromatic amines is 1. The van der Waals surface area contributed by atoms with Gasteiger partial charge in [0.2, 0.25) is 12.7 Å². The van der Waals surface area contributed by atoms with Crippen LogP contribution in [0.25, 0.3) is 0 Å². The number of nitrogens with one attached hydrogen (secondary N) is 3. The molecule has 8 nitrogen and oxygen atoms in total. The van der Waals surface area contributed by atoms with Gasteiger partial charge >= 0.3 is 0 Å². The largest absolute Gasteiger partial charge is 0.454 e. The first kappa shape index (κ1) is 14.9. The summed E-state index contributed by atoms with van der Waals surface area (Å²) in [5, 5.41) is 6.47. The fourth-order valence-electron chi connectivity index (χ4n) is 2.14. The van der Waals surface area contributed by atoms with Crippen molar-refractivity contribution in [2.24, 2.45) is 0 Å². The number of carbonyl (C=O) groups excluding carboxylic acids is 2. The quantitative estimate of drug-likeness (QED) is 0.725. The number of hydrogen-bond acceptors (Lipinski definition) is 5. The summed E-state index contributed by atoms with van der Waals surface area (Å²) in [6.07, 6.45) is 0.763. The third-order valence-corrected chi connectivity index (χ3v) is 3.33. The molecule has 0 spiro atoms. The molecule has 3 N–H and O–H groups in total. The summed E-state index contributed by atoms with van der Waals surface area (Å²) in [6, 6.07) is 7.14. The molecule has 0 atom stereocenters. The summed E-state index contributed by atoms with van der Waals surface area (Å²) >= 11 is 0. The summed E-state index contributed by atoms with van der Waals surface area (Å²) in [7, 11) is 0. The molecular weight excluding hydrogens is 300 g/mol. The summed E-state index contributed by atoms with van der Waals surface area (Å²) in [6.45, 7) is 2.01. The number of ether oxygens (including phenoxy) is 2. The lowest BCUT2D eigenvalue weighted by atomic mass is 10.1. The third-order valence-electron chi connectivity index (χ3n) is 3.33. The fourth-order valence-corrected chi connectivity index (χ4v) is 2.14. The summed E-state index contributed by atoms with van der Waals surface area (Å²) < 4.78 is 10.5. The molecule has 8 heteroatoms. The molecule has 0 saturated carbocycles. The van der Waals surface area contributed by atoms with Gasteiger partial charge in [-0.05, 0) is 37.1 Å². The highest BCUT2D eigenvalue weighted by molar-refractivity contribution is 5.93. The molecule has 3 rings (SSSR count). The van der Waals surface area contributed by atoms with Crippen molar-refractivity contribution in [3.63, 3.8) is 0 Å². The van der Waals surface area contributed by atoms with Crippen LogP contribution in [0.15, 0.2) is 24.3 Å². The van der Waals surface area contributed by atoms with Crippen molar-refractivity contribution in [3.8, 4) is 11.5 Å². The van der Waals surface area contributed by atoms with E-state index in [0.717, 1.165) is 11.3 Å². The van der Waals surface area contributed by atoms with Crippen molar-refractivity contribution in [2.45, 2.75) is 19.8 Å². The van der Waals surface area contributed by atoms with Gasteiger partial charge in [-0.15, -0.1) is 0 Å². The second-order valence-electron chi connectivity index (χ2n) is 5.13. The van der Waals surface area contributed by atoms with Crippen LogP contribution in [0.3, 0.4) is 0 Å². The maximum absolute atomic E-state index is 11.8. The third kappa shape index (κ3) is 3.60. The molecular formula is C15H16N4O4. The smallest absolute Gasteiger partial charge is 0.290 e. The average Bonchev–Trinajstić information content (AvgIpc) is 3.18. The highest BCUT2D eigenvalue weighted by atomic mass is 16.7. The van der Waals surface area contributed by atoms with E-state index in [4.69, 9.17) is 9.47 Å². The van der Waals surface area contributed by atoms with E-state index in [2.05, 4.69) is 21.0 Å². The molecule has 2 aromatic rings. The van der Waals surface area contributed by atoms with Crippen molar-refractivity contribution < 1.29 is 19.1 Å². The molecule has 1 aliphatic rings. The van der Waals surface area contributed by atoms with Crippen LogP contribution in [-0.2, 0) is 11.2 Å². The van der Waals surface area contributed by atoms with E-state index in [9.17, 15) is 9.59 Å². The SMILES string of the molecule is Cc1cc(C(=O)NNC(=O)CCc2ccc3c(c2)OCO3)n[nH]1. The zero-order valence-corrected chi connectivity index (χ0v) is 12.5. The standard InChI is InChI=1S/C15H16N4O4/c1-9-6-11(17-16-9)15(21)19-18-14(20)5-3-10-2-4-12-13(7-10)23-8-22-12/h2,4,6-7H,3,5,8H2,1H3,(H,16,17)(H,18,20)(H,19,21). The van der Waals surface area contributed by atoms with Crippen LogP contribution >= 0.6 is 0 Å². The van der Waals surface area contributed by atoms with Crippen molar-refractivity contribution >= 4 is 11.8 Å². The van der Waals surface area contributed by atoms with Crippen molar-refractivity contribution in [1.82, 2.24) is 21.0 Å². The molecule has 23 heavy (non-hydrogen) atoms. The molecule has 0 unspecified atom stereocenters. The number of amides is 2. The number of hydrazine groups is 1. The maximum atomic E-state index is 11.8. The van der Waals surface area contributed by atoms with Gasteiger partial charge in [0.25, 0.3) is 5.91 Å². The monoisotopic (exact) mass is 316 g/mol. The van der Waals surface area contributed by atoms with E-state index in [1.807, 2.05) is 18.2 Å². The Hall–Kier alpha value is -3.03. The molecule has 1 aromatic heterocycles. The van der Waals surface area contributed by atoms with Crippen LogP contribution in [0.5, 0.6) is 11.5 Å². The van der Waals surface area contributed by atoms with Gasteiger partial charge in [-0.25, -0.2) is 0 Å². The molecule has 0 radical (unpaired) electrons. The predicted molar refractivity (Wildman–Crippen MR) is 79.8 cm³/mol. The number of rotatable bonds is 4. The zero-order valence-electron chi connectivity index (χ0n) is 12.5. The number of carbonyl (C=O) groups is 2. The lowest BCUT2D eigenvalue weighted by molar-refractivity contribution is -0.121. The van der Waals surface area contributed by atoms with Gasteiger partial charge < -0.3 is 9.47 Å². The Bertz CT molecular complexity index is 741. The van der Waals surface area contributed by atoms with Gasteiger partial charge in [-0.1, -0.05) is 6.07 Å². The fraction of sp³-hybridized carbons (Fsp3) is 0.267. The Morgan fingerprint density at radius 1 is 1.22 bits per heavy atom. The Balaban J connectivity index is 1.45. The van der Waals surface area contributed by atoms with E-state index < -0.39 is 5.91 Å². The van der Waals surface area contributed by atoms with Crippen molar-refractivity contribution in [3.05, 3.63) is 41.2 Å². The molecule has 1 aromatic carbocycles. The maximum Gasteiger partial charge on any atom is 0.290 e. The number of hydrogen-bond donors (Lipinski definition) is 3. The molecule has 0 saturated heterocycles. The number of benzene rings is 1. The van der Waals surface area contributed by atoms with Crippen LogP contribution in [-0.4, -0.2) is 28.8 Å². The second kappa shape index (κ2) is 6.39. The number of fused-ring (bicyclic) bond motifs is 1. The molecule has 1 aliphatic heterocycles. The highest BCUT2D eigenvalue weighted by Crippen LogP contribution is 2.32. The molecule has 120 valence electrons. The Morgan fingerprint density at radius 2 is 2.04 bits per heavy atom. The molecule has 0 fully saturated rings. The lowest BCUT2D eigenvalue weighted by Gasteiger charge is -2.06. The highest BCUT2D eigenvalue weighted by Gasteiger charge is 2.14. The van der Waals surface area contributed by atoms with Gasteiger partial charge in [0.05, 0.1) is 0 Å². The first-order chi connectivity index (χ1) is 11.1. The van der Waals surface area contributed by atoms with Crippen molar-refractivity contribution in [1.29, 1.82) is 0 Å². The van der Waals surface area contributed by atoms with Gasteiger partial charge in [0.15, 0.2) is 17.2 Å². The number of aromatic nitrogens is 2. The average molecular weight is 316 g/mol. The van der Waals surface area contributed by atoms with Crippen LogP contribution in [0.1, 0.15) is 28.2 Å². The lowest BCUT2D eigenvalue weighted by Crippen LogP contribution is -2.41. The van der Waals surface area contributed by atoms with Gasteiger partial charge in [-0.3, -0.25) is 25.5 Å². The minimum absolute atomic E-state index is 0.220. The van der Waals surface area contributed by atoms with Crippen LogP contribution in [0, 0.1) is 6.92 Å². The molecule has 0 aliphatic carbocycles.